The van der Waals surface area contributed by atoms with Crippen molar-refractivity contribution in [3.8, 4) is 5.75 Å². The summed E-state index contributed by atoms with van der Waals surface area (Å²) in [5, 5.41) is 14.2. The molecule has 4 rings (SSSR count). The molecule has 2 heterocycles. The summed E-state index contributed by atoms with van der Waals surface area (Å²) in [4.78, 5) is 32.6. The lowest BCUT2D eigenvalue weighted by atomic mass is 10.1. The van der Waals surface area contributed by atoms with E-state index >= 15 is 0 Å². The maximum atomic E-state index is 12.7. The molecule has 0 saturated carbocycles. The van der Waals surface area contributed by atoms with E-state index in [1.54, 1.807) is 36.2 Å². The molecule has 3 amide bonds. The number of nitrogens with zero attached hydrogens (tertiary/aromatic N) is 3. The first-order chi connectivity index (χ1) is 15.8. The summed E-state index contributed by atoms with van der Waals surface area (Å²) in [6, 6.07) is 13.5. The zero-order valence-corrected chi connectivity index (χ0v) is 20.8. The topological polar surface area (TPSA) is 94.5 Å². The minimum Gasteiger partial charge on any atom is -0.491 e. The molecule has 8 nitrogen and oxygen atoms in total. The number of fused-ring (bicyclic) bond motifs is 1. The van der Waals surface area contributed by atoms with Crippen molar-refractivity contribution in [1.29, 1.82) is 0 Å². The van der Waals surface area contributed by atoms with Crippen LogP contribution in [0.4, 0.5) is 4.79 Å². The minimum atomic E-state index is -0.896. The van der Waals surface area contributed by atoms with Gasteiger partial charge in [-0.1, -0.05) is 51.4 Å². The Morgan fingerprint density at radius 2 is 2.03 bits per heavy atom. The number of nitrogens with one attached hydrogen (secondary N) is 1. The Kier molecular flexibility index (Phi) is 7.48. The number of aliphatic imine (C=N–C) groups is 1. The molecule has 11 heteroatoms. The zero-order chi connectivity index (χ0) is 23.5. The van der Waals surface area contributed by atoms with Gasteiger partial charge >= 0.3 is 6.03 Å². The Morgan fingerprint density at radius 1 is 1.27 bits per heavy atom. The van der Waals surface area contributed by atoms with Gasteiger partial charge in [0.25, 0.3) is 5.91 Å². The molecule has 0 aliphatic carbocycles. The number of benzene rings is 2. The maximum Gasteiger partial charge on any atom is 0.325 e. The molecule has 2 aliphatic heterocycles. The highest BCUT2D eigenvalue weighted by Crippen LogP contribution is 2.30. The van der Waals surface area contributed by atoms with E-state index in [9.17, 15) is 14.7 Å². The summed E-state index contributed by atoms with van der Waals surface area (Å²) in [7, 11) is 1.60. The Labute approximate surface area is 209 Å². The average molecular weight is 554 g/mol. The second kappa shape index (κ2) is 10.3. The van der Waals surface area contributed by atoms with Gasteiger partial charge in [0, 0.05) is 22.3 Å². The summed E-state index contributed by atoms with van der Waals surface area (Å²) < 4.78 is 6.63. The molecule has 3 atom stereocenters. The largest absolute Gasteiger partial charge is 0.491 e. The van der Waals surface area contributed by atoms with Crippen molar-refractivity contribution in [1.82, 2.24) is 15.1 Å². The average Bonchev–Trinajstić information content (AvgIpc) is 3.14. The SMILES string of the molecule is CN1C(=O)NC(=O)C2C1N=C(SCc1cccc(Br)c1)N2CC(O)COc1ccc(Cl)cc1. The van der Waals surface area contributed by atoms with Gasteiger partial charge in [-0.3, -0.25) is 10.1 Å². The number of rotatable bonds is 7. The predicted octanol–water partition coefficient (Wildman–Crippen LogP) is 3.32. The van der Waals surface area contributed by atoms with Crippen molar-refractivity contribution in [2.24, 2.45) is 4.99 Å². The molecular weight excluding hydrogens is 532 g/mol. The van der Waals surface area contributed by atoms with Gasteiger partial charge in [-0.05, 0) is 42.0 Å². The number of halogens is 2. The number of ether oxygens (including phenoxy) is 1. The number of imide groups is 1. The van der Waals surface area contributed by atoms with Crippen LogP contribution in [-0.4, -0.2) is 70.5 Å². The van der Waals surface area contributed by atoms with E-state index in [-0.39, 0.29) is 13.2 Å². The van der Waals surface area contributed by atoms with Gasteiger partial charge in [0.1, 0.15) is 18.5 Å². The quantitative estimate of drug-likeness (QED) is 0.546. The second-order valence-corrected chi connectivity index (χ2v) is 9.96. The predicted molar refractivity (Wildman–Crippen MR) is 131 cm³/mol. The fourth-order valence-electron chi connectivity index (χ4n) is 3.59. The fourth-order valence-corrected chi connectivity index (χ4v) is 5.17. The molecule has 2 N–H and O–H groups in total. The van der Waals surface area contributed by atoms with Crippen LogP contribution in [0.1, 0.15) is 5.56 Å². The lowest BCUT2D eigenvalue weighted by molar-refractivity contribution is -0.127. The van der Waals surface area contributed by atoms with E-state index in [0.29, 0.717) is 21.7 Å². The second-order valence-electron chi connectivity index (χ2n) is 7.67. The number of hydrogen-bond acceptors (Lipinski definition) is 7. The Bertz CT molecular complexity index is 1070. The van der Waals surface area contributed by atoms with Gasteiger partial charge in [0.05, 0.1) is 6.54 Å². The van der Waals surface area contributed by atoms with Crippen LogP contribution in [0.3, 0.4) is 0 Å². The molecule has 33 heavy (non-hydrogen) atoms. The number of urea groups is 1. The van der Waals surface area contributed by atoms with Crippen molar-refractivity contribution in [3.05, 3.63) is 63.6 Å². The lowest BCUT2D eigenvalue weighted by Crippen LogP contribution is -2.64. The van der Waals surface area contributed by atoms with Gasteiger partial charge in [-0.25, -0.2) is 9.79 Å². The normalized spacial score (nSPS) is 20.9. The molecule has 0 aromatic heterocycles. The summed E-state index contributed by atoms with van der Waals surface area (Å²) in [6.45, 7) is 0.143. The Hall–Kier alpha value is -2.27. The number of amides is 3. The van der Waals surface area contributed by atoms with Crippen LogP contribution < -0.4 is 10.1 Å². The van der Waals surface area contributed by atoms with E-state index in [2.05, 4.69) is 26.2 Å². The highest BCUT2D eigenvalue weighted by atomic mass is 79.9. The number of likely N-dealkylation sites (N-methyl/N-ethyl adjacent to an activating group) is 1. The van der Waals surface area contributed by atoms with Gasteiger partial charge in [-0.2, -0.15) is 0 Å². The molecule has 174 valence electrons. The third-order valence-corrected chi connectivity index (χ3v) is 7.06. The van der Waals surface area contributed by atoms with Gasteiger partial charge < -0.3 is 19.6 Å². The van der Waals surface area contributed by atoms with E-state index in [0.717, 1.165) is 10.0 Å². The third-order valence-electron chi connectivity index (χ3n) is 5.24. The smallest absolute Gasteiger partial charge is 0.325 e. The molecule has 1 saturated heterocycles. The van der Waals surface area contributed by atoms with Crippen molar-refractivity contribution < 1.29 is 19.4 Å². The number of aliphatic hydroxyl groups is 1. The summed E-state index contributed by atoms with van der Waals surface area (Å²) in [6.07, 6.45) is -1.55. The maximum absolute atomic E-state index is 12.7. The standard InChI is InChI=1S/C22H22BrClN4O4S/c1-27-19-18(20(30)26-21(27)31)28(10-16(29)11-32-17-7-5-15(24)6-8-17)22(25-19)33-12-13-3-2-4-14(23)9-13/h2-9,16,18-19,29H,10-12H2,1H3,(H,26,30,31). The number of aliphatic hydroxyl groups excluding tert-OH is 1. The zero-order valence-electron chi connectivity index (χ0n) is 17.6. The highest BCUT2D eigenvalue weighted by molar-refractivity contribution is 9.10. The number of thioether (sulfide) groups is 1. The van der Waals surface area contributed by atoms with Gasteiger partial charge in [-0.15, -0.1) is 0 Å². The van der Waals surface area contributed by atoms with Crippen LogP contribution in [0.2, 0.25) is 5.02 Å². The Balaban J connectivity index is 1.47. The first-order valence-electron chi connectivity index (χ1n) is 10.2. The Morgan fingerprint density at radius 3 is 2.76 bits per heavy atom. The van der Waals surface area contributed by atoms with Crippen molar-refractivity contribution >= 4 is 56.4 Å². The van der Waals surface area contributed by atoms with Crippen LogP contribution in [-0.2, 0) is 10.5 Å². The molecule has 2 aromatic carbocycles. The molecule has 0 radical (unpaired) electrons. The van der Waals surface area contributed by atoms with Gasteiger partial charge in [0.2, 0.25) is 0 Å². The van der Waals surface area contributed by atoms with Crippen molar-refractivity contribution in [3.63, 3.8) is 0 Å². The number of carbonyl (C=O) groups is 2. The van der Waals surface area contributed by atoms with Crippen LogP contribution in [0, 0.1) is 0 Å². The highest BCUT2D eigenvalue weighted by Gasteiger charge is 2.49. The molecule has 0 bridgehead atoms. The first-order valence-corrected chi connectivity index (χ1v) is 12.3. The molecule has 3 unspecified atom stereocenters. The first kappa shape index (κ1) is 23.9. The monoisotopic (exact) mass is 552 g/mol. The van der Waals surface area contributed by atoms with Crippen molar-refractivity contribution in [2.75, 3.05) is 20.2 Å². The number of hydrogen-bond donors (Lipinski definition) is 2. The van der Waals surface area contributed by atoms with E-state index in [1.165, 1.54) is 16.7 Å². The van der Waals surface area contributed by atoms with Crippen molar-refractivity contribution in [2.45, 2.75) is 24.1 Å². The van der Waals surface area contributed by atoms with E-state index in [1.807, 2.05) is 24.3 Å². The summed E-state index contributed by atoms with van der Waals surface area (Å²) in [5.41, 5.74) is 1.08. The summed E-state index contributed by atoms with van der Waals surface area (Å²) >= 11 is 10.8. The number of β-amino-alcohol motifs (C(OH)–C–C–N with tert-alkyl or cyclic N) is 1. The molecule has 0 spiro atoms. The molecule has 1 fully saturated rings. The van der Waals surface area contributed by atoms with Crippen LogP contribution in [0.15, 0.2) is 58.0 Å². The minimum absolute atomic E-state index is 0.0233. The van der Waals surface area contributed by atoms with Crippen LogP contribution in [0.5, 0.6) is 5.75 Å². The van der Waals surface area contributed by atoms with Gasteiger partial charge in [0.15, 0.2) is 17.4 Å². The molecular formula is C22H22BrClN4O4S. The van der Waals surface area contributed by atoms with Crippen LogP contribution >= 0.6 is 39.3 Å². The van der Waals surface area contributed by atoms with E-state index in [4.69, 9.17) is 16.3 Å². The third kappa shape index (κ3) is 5.63. The van der Waals surface area contributed by atoms with E-state index < -0.39 is 30.2 Å². The molecule has 2 aromatic rings. The number of carbonyl (C=O) groups excluding carboxylic acids is 2. The number of amidine groups is 1. The van der Waals surface area contributed by atoms with Crippen LogP contribution in [0.25, 0.3) is 0 Å². The summed E-state index contributed by atoms with van der Waals surface area (Å²) in [5.74, 6) is 0.761. The molecule has 2 aliphatic rings. The lowest BCUT2D eigenvalue weighted by Gasteiger charge is -2.36. The fraction of sp³-hybridized carbons (Fsp3) is 0.318.